The standard InChI is InChI=1S/C13H16FN3OS/c1-17(10-5-3-9(14)4-6-10)13-16-11(8-18-2)12(7-15)19-13/h3-6H,7-8,15H2,1-2H3. The molecule has 0 saturated heterocycles. The Balaban J connectivity index is 2.28. The van der Waals surface area contributed by atoms with E-state index in [1.807, 2.05) is 11.9 Å². The number of hydrogen-bond donors (Lipinski definition) is 1. The zero-order chi connectivity index (χ0) is 13.8. The Kier molecular flexibility index (Phi) is 4.47. The Morgan fingerprint density at radius 2 is 2.05 bits per heavy atom. The van der Waals surface area contributed by atoms with Crippen molar-refractivity contribution in [3.8, 4) is 0 Å². The maximum atomic E-state index is 12.9. The Hall–Kier alpha value is -1.50. The first kappa shape index (κ1) is 13.9. The van der Waals surface area contributed by atoms with Gasteiger partial charge in [0.1, 0.15) is 5.82 Å². The summed E-state index contributed by atoms with van der Waals surface area (Å²) in [5.74, 6) is -0.251. The molecule has 0 fully saturated rings. The van der Waals surface area contributed by atoms with Gasteiger partial charge in [0.2, 0.25) is 0 Å². The summed E-state index contributed by atoms with van der Waals surface area (Å²) in [6.45, 7) is 0.883. The van der Waals surface area contributed by atoms with Crippen molar-refractivity contribution in [2.75, 3.05) is 19.1 Å². The molecule has 1 aromatic carbocycles. The second-order valence-electron chi connectivity index (χ2n) is 4.04. The number of rotatable bonds is 5. The second kappa shape index (κ2) is 6.10. The van der Waals surface area contributed by atoms with Crippen molar-refractivity contribution in [2.45, 2.75) is 13.2 Å². The molecule has 4 nitrogen and oxygen atoms in total. The van der Waals surface area contributed by atoms with E-state index < -0.39 is 0 Å². The van der Waals surface area contributed by atoms with Crippen LogP contribution < -0.4 is 10.6 Å². The molecule has 1 aromatic heterocycles. The van der Waals surface area contributed by atoms with Gasteiger partial charge in [0, 0.05) is 31.3 Å². The van der Waals surface area contributed by atoms with Gasteiger partial charge in [-0.05, 0) is 24.3 Å². The number of nitrogens with two attached hydrogens (primary N) is 1. The van der Waals surface area contributed by atoms with Crippen LogP contribution in [0.5, 0.6) is 0 Å². The lowest BCUT2D eigenvalue weighted by molar-refractivity contribution is 0.181. The van der Waals surface area contributed by atoms with Crippen molar-refractivity contribution < 1.29 is 9.13 Å². The van der Waals surface area contributed by atoms with Crippen LogP contribution in [0.25, 0.3) is 0 Å². The number of benzene rings is 1. The van der Waals surface area contributed by atoms with Gasteiger partial charge in [-0.15, -0.1) is 0 Å². The van der Waals surface area contributed by atoms with E-state index in [0.29, 0.717) is 13.2 Å². The Bertz CT molecular complexity index is 541. The number of halogens is 1. The van der Waals surface area contributed by atoms with Crippen LogP contribution in [0.3, 0.4) is 0 Å². The topological polar surface area (TPSA) is 51.4 Å². The summed E-state index contributed by atoms with van der Waals surface area (Å²) in [5, 5.41) is 0.819. The highest BCUT2D eigenvalue weighted by Crippen LogP contribution is 2.30. The fourth-order valence-corrected chi connectivity index (χ4v) is 2.62. The summed E-state index contributed by atoms with van der Waals surface area (Å²) in [4.78, 5) is 7.43. The molecule has 0 bridgehead atoms. The molecule has 0 aliphatic carbocycles. The molecule has 0 unspecified atom stereocenters. The number of ether oxygens (including phenoxy) is 1. The Labute approximate surface area is 115 Å². The van der Waals surface area contributed by atoms with Crippen molar-refractivity contribution >= 4 is 22.2 Å². The van der Waals surface area contributed by atoms with Crippen LogP contribution in [0.15, 0.2) is 24.3 Å². The molecule has 2 aromatic rings. The lowest BCUT2D eigenvalue weighted by Gasteiger charge is -2.15. The first-order valence-electron chi connectivity index (χ1n) is 5.82. The van der Waals surface area contributed by atoms with Gasteiger partial charge >= 0.3 is 0 Å². The van der Waals surface area contributed by atoms with E-state index in [-0.39, 0.29) is 5.82 Å². The zero-order valence-corrected chi connectivity index (χ0v) is 11.7. The van der Waals surface area contributed by atoms with Gasteiger partial charge in [0.15, 0.2) is 5.13 Å². The average Bonchev–Trinajstić information content (AvgIpc) is 2.82. The molecule has 0 radical (unpaired) electrons. The van der Waals surface area contributed by atoms with E-state index >= 15 is 0 Å². The largest absolute Gasteiger partial charge is 0.378 e. The third-order valence-corrected chi connectivity index (χ3v) is 3.93. The maximum Gasteiger partial charge on any atom is 0.190 e. The average molecular weight is 281 g/mol. The van der Waals surface area contributed by atoms with Crippen molar-refractivity contribution in [3.05, 3.63) is 40.7 Å². The van der Waals surface area contributed by atoms with E-state index in [1.54, 1.807) is 19.2 Å². The summed E-state index contributed by atoms with van der Waals surface area (Å²) in [6.07, 6.45) is 0. The molecule has 0 aliphatic rings. The number of aromatic nitrogens is 1. The fourth-order valence-electron chi connectivity index (χ4n) is 1.70. The molecule has 1 heterocycles. The predicted molar refractivity (Wildman–Crippen MR) is 75.2 cm³/mol. The van der Waals surface area contributed by atoms with Gasteiger partial charge in [0.05, 0.1) is 12.3 Å². The zero-order valence-electron chi connectivity index (χ0n) is 10.9. The number of nitrogens with zero attached hydrogens (tertiary/aromatic N) is 2. The van der Waals surface area contributed by atoms with E-state index in [0.717, 1.165) is 21.4 Å². The summed E-state index contributed by atoms with van der Waals surface area (Å²) in [6, 6.07) is 6.29. The normalized spacial score (nSPS) is 10.7. The van der Waals surface area contributed by atoms with Gasteiger partial charge in [-0.1, -0.05) is 11.3 Å². The van der Waals surface area contributed by atoms with Gasteiger partial charge in [-0.25, -0.2) is 9.37 Å². The molecule has 0 spiro atoms. The van der Waals surface area contributed by atoms with Crippen molar-refractivity contribution in [3.63, 3.8) is 0 Å². The molecule has 0 amide bonds. The molecule has 2 N–H and O–H groups in total. The quantitative estimate of drug-likeness (QED) is 0.915. The molecule has 102 valence electrons. The minimum atomic E-state index is -0.251. The minimum Gasteiger partial charge on any atom is -0.378 e. The molecule has 0 saturated carbocycles. The lowest BCUT2D eigenvalue weighted by Crippen LogP contribution is -2.09. The fraction of sp³-hybridized carbons (Fsp3) is 0.308. The van der Waals surface area contributed by atoms with E-state index in [1.165, 1.54) is 23.5 Å². The van der Waals surface area contributed by atoms with Crippen LogP contribution in [-0.4, -0.2) is 19.1 Å². The first-order valence-corrected chi connectivity index (χ1v) is 6.64. The molecule has 0 aliphatic heterocycles. The molecule has 19 heavy (non-hydrogen) atoms. The Morgan fingerprint density at radius 1 is 1.37 bits per heavy atom. The van der Waals surface area contributed by atoms with Gasteiger partial charge in [0.25, 0.3) is 0 Å². The van der Waals surface area contributed by atoms with Crippen LogP contribution in [0.2, 0.25) is 0 Å². The summed E-state index contributed by atoms with van der Waals surface area (Å²) < 4.78 is 18.0. The molecule has 2 rings (SSSR count). The lowest BCUT2D eigenvalue weighted by atomic mass is 10.3. The third-order valence-electron chi connectivity index (χ3n) is 2.73. The van der Waals surface area contributed by atoms with Crippen LogP contribution in [0.1, 0.15) is 10.6 Å². The predicted octanol–water partition coefficient (Wildman–Crippen LogP) is 2.66. The smallest absolute Gasteiger partial charge is 0.190 e. The van der Waals surface area contributed by atoms with Crippen LogP contribution >= 0.6 is 11.3 Å². The molecule has 6 heteroatoms. The number of anilines is 2. The Morgan fingerprint density at radius 3 is 2.63 bits per heavy atom. The highest BCUT2D eigenvalue weighted by atomic mass is 32.1. The first-order chi connectivity index (χ1) is 9.15. The highest BCUT2D eigenvalue weighted by Gasteiger charge is 2.14. The summed E-state index contributed by atoms with van der Waals surface area (Å²) in [7, 11) is 3.52. The molecular formula is C13H16FN3OS. The van der Waals surface area contributed by atoms with Crippen LogP contribution in [0.4, 0.5) is 15.2 Å². The summed E-state index contributed by atoms with van der Waals surface area (Å²) in [5.41, 5.74) is 7.44. The second-order valence-corrected chi connectivity index (χ2v) is 5.10. The van der Waals surface area contributed by atoms with Gasteiger partial charge < -0.3 is 15.4 Å². The van der Waals surface area contributed by atoms with Crippen molar-refractivity contribution in [2.24, 2.45) is 5.73 Å². The molecular weight excluding hydrogens is 265 g/mol. The monoisotopic (exact) mass is 281 g/mol. The van der Waals surface area contributed by atoms with E-state index in [9.17, 15) is 4.39 Å². The highest BCUT2D eigenvalue weighted by molar-refractivity contribution is 7.15. The van der Waals surface area contributed by atoms with Crippen LogP contribution in [0, 0.1) is 5.82 Å². The summed E-state index contributed by atoms with van der Waals surface area (Å²) >= 11 is 1.52. The molecule has 0 atom stereocenters. The van der Waals surface area contributed by atoms with E-state index in [2.05, 4.69) is 4.98 Å². The third kappa shape index (κ3) is 3.09. The minimum absolute atomic E-state index is 0.251. The number of methoxy groups -OCH3 is 1. The van der Waals surface area contributed by atoms with Gasteiger partial charge in [-0.3, -0.25) is 0 Å². The van der Waals surface area contributed by atoms with Crippen molar-refractivity contribution in [1.82, 2.24) is 4.98 Å². The number of thiazole rings is 1. The maximum absolute atomic E-state index is 12.9. The SMILES string of the molecule is COCc1nc(N(C)c2ccc(F)cc2)sc1CN. The van der Waals surface area contributed by atoms with Crippen molar-refractivity contribution in [1.29, 1.82) is 0 Å². The van der Waals surface area contributed by atoms with E-state index in [4.69, 9.17) is 10.5 Å². The van der Waals surface area contributed by atoms with Gasteiger partial charge in [-0.2, -0.15) is 0 Å². The number of hydrogen-bond acceptors (Lipinski definition) is 5. The van der Waals surface area contributed by atoms with Crippen LogP contribution in [-0.2, 0) is 17.9 Å².